The van der Waals surface area contributed by atoms with Crippen molar-refractivity contribution in [2.45, 2.75) is 83.5 Å². The lowest BCUT2D eigenvalue weighted by molar-refractivity contribution is -0.142. The molecule has 0 saturated heterocycles. The molecule has 0 saturated carbocycles. The van der Waals surface area contributed by atoms with Gasteiger partial charge in [-0.25, -0.2) is 0 Å². The summed E-state index contributed by atoms with van der Waals surface area (Å²) in [5.41, 5.74) is 16.8. The van der Waals surface area contributed by atoms with Crippen molar-refractivity contribution in [1.82, 2.24) is 16.0 Å². The van der Waals surface area contributed by atoms with Crippen LogP contribution in [0.3, 0.4) is 0 Å². The van der Waals surface area contributed by atoms with Gasteiger partial charge in [0, 0.05) is 0 Å². The maximum Gasteiger partial charge on any atom is 0.325 e. The van der Waals surface area contributed by atoms with Crippen LogP contribution < -0.4 is 33.2 Å². The Morgan fingerprint density at radius 2 is 1.32 bits per heavy atom. The quantitative estimate of drug-likeness (QED) is 0.143. The van der Waals surface area contributed by atoms with Crippen LogP contribution in [0.25, 0.3) is 0 Å². The van der Waals surface area contributed by atoms with Gasteiger partial charge in [-0.3, -0.25) is 19.2 Å². The van der Waals surface area contributed by atoms with Crippen LogP contribution in [0.1, 0.15) is 59.3 Å². The number of hydrogen-bond donors (Lipinski definition) is 7. The van der Waals surface area contributed by atoms with E-state index in [4.69, 9.17) is 22.3 Å². The van der Waals surface area contributed by atoms with Crippen molar-refractivity contribution >= 4 is 23.7 Å². The first-order valence-electron chi connectivity index (χ1n) is 10.8. The number of amides is 3. The Bertz CT molecular complexity index is 586. The highest BCUT2D eigenvalue weighted by Gasteiger charge is 2.30. The number of hydrogen-bond acceptors (Lipinski definition) is 7. The van der Waals surface area contributed by atoms with Gasteiger partial charge < -0.3 is 38.3 Å². The van der Waals surface area contributed by atoms with Gasteiger partial charge in [-0.15, -0.1) is 0 Å². The van der Waals surface area contributed by atoms with Crippen molar-refractivity contribution in [3.05, 3.63) is 0 Å². The number of nitrogens with one attached hydrogen (secondary N) is 3. The number of nitrogens with two attached hydrogens (primary N) is 3. The Morgan fingerprint density at radius 3 is 1.81 bits per heavy atom. The minimum absolute atomic E-state index is 0.258. The number of rotatable bonds is 16. The van der Waals surface area contributed by atoms with E-state index in [1.807, 2.05) is 0 Å². The van der Waals surface area contributed by atoms with Crippen molar-refractivity contribution in [3.63, 3.8) is 0 Å². The number of carbonyl (C=O) groups is 4. The van der Waals surface area contributed by atoms with E-state index in [9.17, 15) is 19.2 Å². The Balaban J connectivity index is 5.16. The van der Waals surface area contributed by atoms with Gasteiger partial charge in [-0.05, 0) is 58.0 Å². The Labute approximate surface area is 184 Å². The summed E-state index contributed by atoms with van der Waals surface area (Å²) in [6, 6.07) is -3.71. The highest BCUT2D eigenvalue weighted by Crippen LogP contribution is 2.07. The first-order chi connectivity index (χ1) is 14.5. The van der Waals surface area contributed by atoms with Crippen LogP contribution in [-0.4, -0.2) is 66.1 Å². The summed E-state index contributed by atoms with van der Waals surface area (Å²) in [6.45, 7) is 5.81. The van der Waals surface area contributed by atoms with Crippen molar-refractivity contribution < 1.29 is 24.3 Å². The zero-order chi connectivity index (χ0) is 24.0. The number of unbranched alkanes of at least 4 members (excludes halogenated alkanes) is 2. The maximum absolute atomic E-state index is 12.9. The van der Waals surface area contributed by atoms with E-state index in [1.165, 1.54) is 6.92 Å². The van der Waals surface area contributed by atoms with Gasteiger partial charge in [0.1, 0.15) is 18.1 Å². The first kappa shape index (κ1) is 28.8. The monoisotopic (exact) mass is 444 g/mol. The summed E-state index contributed by atoms with van der Waals surface area (Å²) in [6.07, 6.45) is 3.42. The molecule has 0 spiro atoms. The van der Waals surface area contributed by atoms with Crippen LogP contribution in [0.5, 0.6) is 0 Å². The normalized spacial score (nSPS) is 14.9. The molecule has 0 aliphatic carbocycles. The lowest BCUT2D eigenvalue weighted by Crippen LogP contribution is -2.58. The molecule has 0 aliphatic heterocycles. The van der Waals surface area contributed by atoms with Crippen LogP contribution in [0.4, 0.5) is 0 Å². The van der Waals surface area contributed by atoms with Crippen molar-refractivity contribution in [1.29, 1.82) is 0 Å². The van der Waals surface area contributed by atoms with Gasteiger partial charge in [-0.2, -0.15) is 0 Å². The molecule has 31 heavy (non-hydrogen) atoms. The van der Waals surface area contributed by atoms with Gasteiger partial charge >= 0.3 is 5.97 Å². The number of carboxylic acids is 1. The van der Waals surface area contributed by atoms with Crippen LogP contribution >= 0.6 is 0 Å². The second-order valence-electron chi connectivity index (χ2n) is 8.04. The minimum atomic E-state index is -1.18. The second-order valence-corrected chi connectivity index (χ2v) is 8.04. The van der Waals surface area contributed by atoms with Crippen LogP contribution in [-0.2, 0) is 19.2 Å². The number of carboxylic acid groups (broad SMARTS) is 1. The maximum atomic E-state index is 12.9. The third kappa shape index (κ3) is 11.7. The smallest absolute Gasteiger partial charge is 0.325 e. The summed E-state index contributed by atoms with van der Waals surface area (Å²) in [4.78, 5) is 48.8. The van der Waals surface area contributed by atoms with Crippen molar-refractivity contribution in [2.75, 3.05) is 13.1 Å². The van der Waals surface area contributed by atoms with E-state index in [0.717, 1.165) is 6.42 Å². The first-order valence-corrected chi connectivity index (χ1v) is 10.8. The Morgan fingerprint density at radius 1 is 0.774 bits per heavy atom. The molecular weight excluding hydrogens is 404 g/mol. The highest BCUT2D eigenvalue weighted by molar-refractivity contribution is 5.94. The molecule has 11 heteroatoms. The molecule has 0 aromatic rings. The molecule has 10 N–H and O–H groups in total. The van der Waals surface area contributed by atoms with E-state index in [2.05, 4.69) is 16.0 Å². The average molecular weight is 445 g/mol. The summed E-state index contributed by atoms with van der Waals surface area (Å²) >= 11 is 0. The van der Waals surface area contributed by atoms with E-state index in [-0.39, 0.29) is 5.92 Å². The predicted molar refractivity (Wildman–Crippen MR) is 118 cm³/mol. The van der Waals surface area contributed by atoms with Crippen LogP contribution in [0.2, 0.25) is 0 Å². The molecule has 0 bridgehead atoms. The lowest BCUT2D eigenvalue weighted by Gasteiger charge is -2.26. The van der Waals surface area contributed by atoms with E-state index >= 15 is 0 Å². The lowest BCUT2D eigenvalue weighted by atomic mass is 10.0. The molecule has 180 valence electrons. The molecule has 3 amide bonds. The zero-order valence-electron chi connectivity index (χ0n) is 18.9. The number of carbonyl (C=O) groups excluding carboxylic acids is 3. The fourth-order valence-electron chi connectivity index (χ4n) is 2.83. The standard InChI is InChI=1S/C20H40N6O5/c1-12(2)16(26-17(27)14(23)8-4-6-10-21)19(29)25-15(9-5-7-11-22)18(28)24-13(3)20(30)31/h12-16H,4-11,21-23H2,1-3H3,(H,24,28)(H,25,29)(H,26,27)(H,30,31). The molecule has 4 unspecified atom stereocenters. The van der Waals surface area contributed by atoms with Gasteiger partial charge in [0.2, 0.25) is 17.7 Å². The van der Waals surface area contributed by atoms with E-state index in [1.54, 1.807) is 13.8 Å². The minimum Gasteiger partial charge on any atom is -0.480 e. The molecule has 0 radical (unpaired) electrons. The summed E-state index contributed by atoms with van der Waals surface area (Å²) in [5, 5.41) is 16.7. The molecule has 11 nitrogen and oxygen atoms in total. The highest BCUT2D eigenvalue weighted by atomic mass is 16.4. The summed E-state index contributed by atoms with van der Waals surface area (Å²) in [7, 11) is 0. The van der Waals surface area contributed by atoms with Gasteiger partial charge in [0.25, 0.3) is 0 Å². The largest absolute Gasteiger partial charge is 0.480 e. The van der Waals surface area contributed by atoms with Gasteiger partial charge in [0.05, 0.1) is 6.04 Å². The van der Waals surface area contributed by atoms with E-state index < -0.39 is 47.9 Å². The van der Waals surface area contributed by atoms with Crippen molar-refractivity contribution in [3.8, 4) is 0 Å². The Hall–Kier alpha value is -2.24. The molecule has 0 aromatic heterocycles. The SMILES string of the molecule is CC(NC(=O)C(CCCCN)NC(=O)C(NC(=O)C(N)CCCCN)C(C)C)C(=O)O. The van der Waals surface area contributed by atoms with Crippen LogP contribution in [0.15, 0.2) is 0 Å². The second kappa shape index (κ2) is 15.5. The van der Waals surface area contributed by atoms with Gasteiger partial charge in [-0.1, -0.05) is 20.3 Å². The third-order valence-electron chi connectivity index (χ3n) is 4.86. The third-order valence-corrected chi connectivity index (χ3v) is 4.86. The average Bonchev–Trinajstić information content (AvgIpc) is 2.70. The molecule has 0 aliphatic rings. The van der Waals surface area contributed by atoms with E-state index in [0.29, 0.717) is 45.2 Å². The molecule has 4 atom stereocenters. The molecule has 0 fully saturated rings. The van der Waals surface area contributed by atoms with Crippen LogP contribution in [0, 0.1) is 5.92 Å². The Kier molecular flexibility index (Phi) is 14.4. The zero-order valence-corrected chi connectivity index (χ0v) is 18.9. The molecule has 0 rings (SSSR count). The fourth-order valence-corrected chi connectivity index (χ4v) is 2.83. The topological polar surface area (TPSA) is 203 Å². The van der Waals surface area contributed by atoms with Gasteiger partial charge in [0.15, 0.2) is 0 Å². The molecular formula is C20H40N6O5. The predicted octanol–water partition coefficient (Wildman–Crippen LogP) is -1.21. The summed E-state index contributed by atoms with van der Waals surface area (Å²) < 4.78 is 0. The van der Waals surface area contributed by atoms with Crippen molar-refractivity contribution in [2.24, 2.45) is 23.1 Å². The summed E-state index contributed by atoms with van der Waals surface area (Å²) in [5.74, 6) is -3.03. The number of aliphatic carboxylic acids is 1. The fraction of sp³-hybridized carbons (Fsp3) is 0.800. The molecule has 0 heterocycles. The molecule has 0 aromatic carbocycles.